The summed E-state index contributed by atoms with van der Waals surface area (Å²) in [6.07, 6.45) is 0. The number of urea groups is 1. The van der Waals surface area contributed by atoms with Crippen molar-refractivity contribution in [3.63, 3.8) is 0 Å². The third kappa shape index (κ3) is 4.20. The van der Waals surface area contributed by atoms with Crippen LogP contribution in [0.2, 0.25) is 0 Å². The average molecular weight is 367 g/mol. The van der Waals surface area contributed by atoms with Crippen LogP contribution in [-0.4, -0.2) is 23.7 Å². The Morgan fingerprint density at radius 3 is 2.44 bits per heavy atom. The third-order valence-electron chi connectivity index (χ3n) is 4.16. The van der Waals surface area contributed by atoms with Gasteiger partial charge in [-0.3, -0.25) is 4.79 Å². The van der Waals surface area contributed by atoms with Gasteiger partial charge in [0.2, 0.25) is 0 Å². The normalized spacial score (nSPS) is 16.4. The molecule has 3 amide bonds. The van der Waals surface area contributed by atoms with Crippen molar-refractivity contribution in [3.05, 3.63) is 65.4 Å². The maximum absolute atomic E-state index is 12.9. The van der Waals surface area contributed by atoms with E-state index in [0.717, 1.165) is 5.75 Å². The van der Waals surface area contributed by atoms with E-state index in [1.807, 2.05) is 6.92 Å². The Bertz CT molecular complexity index is 873. The van der Waals surface area contributed by atoms with Gasteiger partial charge in [-0.15, -0.1) is 0 Å². The van der Waals surface area contributed by atoms with Gasteiger partial charge < -0.3 is 25.8 Å². The fourth-order valence-electron chi connectivity index (χ4n) is 2.91. The highest BCUT2D eigenvalue weighted by molar-refractivity contribution is 6.06. The molecule has 1 unspecified atom stereocenters. The first-order valence-corrected chi connectivity index (χ1v) is 8.59. The van der Waals surface area contributed by atoms with Crippen LogP contribution in [0.15, 0.2) is 59.8 Å². The van der Waals surface area contributed by atoms with Crippen LogP contribution >= 0.6 is 0 Å². The third-order valence-corrected chi connectivity index (χ3v) is 4.16. The molecule has 0 saturated heterocycles. The quantitative estimate of drug-likeness (QED) is 0.653. The average Bonchev–Trinajstić information content (AvgIpc) is 2.63. The lowest BCUT2D eigenvalue weighted by molar-refractivity contribution is -0.113. The van der Waals surface area contributed by atoms with Crippen molar-refractivity contribution in [2.75, 3.05) is 11.9 Å². The Morgan fingerprint density at radius 1 is 1.15 bits per heavy atom. The van der Waals surface area contributed by atoms with Gasteiger partial charge in [-0.1, -0.05) is 12.1 Å². The van der Waals surface area contributed by atoms with Gasteiger partial charge in [0.1, 0.15) is 11.5 Å². The Kier molecular flexibility index (Phi) is 5.30. The number of carbonyl (C=O) groups is 2. The zero-order chi connectivity index (χ0) is 19.4. The number of nitrogens with one attached hydrogen (secondary N) is 3. The highest BCUT2D eigenvalue weighted by atomic mass is 16.5. The molecule has 27 heavy (non-hydrogen) atoms. The fraction of sp³-hybridized carbons (Fsp3) is 0.200. The first kappa shape index (κ1) is 18.3. The van der Waals surface area contributed by atoms with Crippen molar-refractivity contribution in [1.29, 1.82) is 0 Å². The van der Waals surface area contributed by atoms with Gasteiger partial charge in [0.05, 0.1) is 18.2 Å². The summed E-state index contributed by atoms with van der Waals surface area (Å²) in [5.41, 5.74) is 2.18. The molecule has 0 radical (unpaired) electrons. The second-order valence-corrected chi connectivity index (χ2v) is 6.07. The molecule has 0 saturated carbocycles. The van der Waals surface area contributed by atoms with Crippen LogP contribution in [0.1, 0.15) is 25.5 Å². The highest BCUT2D eigenvalue weighted by Gasteiger charge is 2.31. The molecule has 1 heterocycles. The molecule has 4 N–H and O–H groups in total. The van der Waals surface area contributed by atoms with Crippen molar-refractivity contribution in [2.45, 2.75) is 19.9 Å². The smallest absolute Gasteiger partial charge is 0.319 e. The molecule has 1 atom stereocenters. The van der Waals surface area contributed by atoms with E-state index in [9.17, 15) is 14.7 Å². The fourth-order valence-corrected chi connectivity index (χ4v) is 2.91. The van der Waals surface area contributed by atoms with E-state index in [4.69, 9.17) is 4.74 Å². The van der Waals surface area contributed by atoms with E-state index >= 15 is 0 Å². The number of aromatic hydroxyl groups is 1. The van der Waals surface area contributed by atoms with Crippen molar-refractivity contribution in [2.24, 2.45) is 0 Å². The summed E-state index contributed by atoms with van der Waals surface area (Å²) in [5, 5.41) is 17.7. The molecule has 0 aliphatic carbocycles. The van der Waals surface area contributed by atoms with Crippen LogP contribution in [0.3, 0.4) is 0 Å². The van der Waals surface area contributed by atoms with Crippen LogP contribution < -0.4 is 20.7 Å². The molecule has 140 valence electrons. The monoisotopic (exact) mass is 367 g/mol. The number of carbonyl (C=O) groups excluding carboxylic acids is 2. The van der Waals surface area contributed by atoms with Gasteiger partial charge in [-0.25, -0.2) is 4.79 Å². The van der Waals surface area contributed by atoms with E-state index < -0.39 is 6.04 Å². The number of hydrogen-bond acceptors (Lipinski definition) is 4. The molecule has 0 fully saturated rings. The molecule has 0 aromatic heterocycles. The predicted octanol–water partition coefficient (Wildman–Crippen LogP) is 3.06. The number of phenols is 1. The molecule has 7 heteroatoms. The molecule has 1 aliphatic rings. The second kappa shape index (κ2) is 7.82. The Labute approximate surface area is 157 Å². The Balaban J connectivity index is 1.86. The molecule has 0 bridgehead atoms. The molecule has 3 rings (SSSR count). The van der Waals surface area contributed by atoms with Gasteiger partial charge in [0.15, 0.2) is 0 Å². The Morgan fingerprint density at radius 2 is 1.81 bits per heavy atom. The first-order chi connectivity index (χ1) is 13.0. The molecule has 2 aromatic rings. The van der Waals surface area contributed by atoms with Gasteiger partial charge in [-0.2, -0.15) is 0 Å². The number of hydrogen-bond donors (Lipinski definition) is 4. The summed E-state index contributed by atoms with van der Waals surface area (Å²) in [5.74, 6) is 0.502. The topological polar surface area (TPSA) is 99.7 Å². The van der Waals surface area contributed by atoms with Crippen molar-refractivity contribution in [3.8, 4) is 11.5 Å². The lowest BCUT2D eigenvalue weighted by atomic mass is 9.94. The van der Waals surface area contributed by atoms with Crippen LogP contribution in [0.4, 0.5) is 10.5 Å². The summed E-state index contributed by atoms with van der Waals surface area (Å²) in [6.45, 7) is 4.15. The van der Waals surface area contributed by atoms with E-state index in [-0.39, 0.29) is 17.7 Å². The minimum Gasteiger partial charge on any atom is -0.508 e. The molecule has 1 aliphatic heterocycles. The molecule has 7 nitrogen and oxygen atoms in total. The minimum absolute atomic E-state index is 0.111. The number of ether oxygens (including phenoxy) is 1. The van der Waals surface area contributed by atoms with Crippen LogP contribution in [-0.2, 0) is 4.79 Å². The summed E-state index contributed by atoms with van der Waals surface area (Å²) >= 11 is 0. The maximum atomic E-state index is 12.9. The van der Waals surface area contributed by atoms with Crippen molar-refractivity contribution < 1.29 is 19.4 Å². The van der Waals surface area contributed by atoms with E-state index in [2.05, 4.69) is 16.0 Å². The van der Waals surface area contributed by atoms with Gasteiger partial charge in [-0.05, 0) is 55.8 Å². The second-order valence-electron chi connectivity index (χ2n) is 6.07. The summed E-state index contributed by atoms with van der Waals surface area (Å²) in [7, 11) is 0. The zero-order valence-corrected chi connectivity index (χ0v) is 15.1. The van der Waals surface area contributed by atoms with E-state index in [1.165, 1.54) is 12.1 Å². The highest BCUT2D eigenvalue weighted by Crippen LogP contribution is 2.29. The summed E-state index contributed by atoms with van der Waals surface area (Å²) in [4.78, 5) is 24.8. The summed E-state index contributed by atoms with van der Waals surface area (Å²) < 4.78 is 5.40. The standard InChI is InChI=1S/C20H21N3O4/c1-3-27-16-10-6-14(7-11-16)22-19(25)17-12(2)21-20(26)23-18(17)13-4-8-15(24)9-5-13/h4-11,18,24H,3H2,1-2H3,(H,22,25)(H2,21,23,26). The van der Waals surface area contributed by atoms with Gasteiger partial charge >= 0.3 is 6.03 Å². The largest absolute Gasteiger partial charge is 0.508 e. The molecular formula is C20H21N3O4. The Hall–Kier alpha value is -3.48. The number of benzene rings is 2. The SMILES string of the molecule is CCOc1ccc(NC(=O)C2=C(C)NC(=O)NC2c2ccc(O)cc2)cc1. The van der Waals surface area contributed by atoms with Crippen LogP contribution in [0, 0.1) is 0 Å². The van der Waals surface area contributed by atoms with Crippen LogP contribution in [0.5, 0.6) is 11.5 Å². The number of amides is 3. The van der Waals surface area contributed by atoms with Gasteiger partial charge in [0.25, 0.3) is 5.91 Å². The number of rotatable bonds is 5. The first-order valence-electron chi connectivity index (χ1n) is 8.59. The van der Waals surface area contributed by atoms with Crippen LogP contribution in [0.25, 0.3) is 0 Å². The molecular weight excluding hydrogens is 346 g/mol. The van der Waals surface area contributed by atoms with E-state index in [1.54, 1.807) is 43.3 Å². The predicted molar refractivity (Wildman–Crippen MR) is 101 cm³/mol. The number of allylic oxidation sites excluding steroid dienone is 1. The molecule has 0 spiro atoms. The van der Waals surface area contributed by atoms with Crippen molar-refractivity contribution in [1.82, 2.24) is 10.6 Å². The summed E-state index contributed by atoms with van der Waals surface area (Å²) in [6, 6.07) is 12.4. The molecule has 2 aromatic carbocycles. The number of anilines is 1. The lowest BCUT2D eigenvalue weighted by Crippen LogP contribution is -2.45. The van der Waals surface area contributed by atoms with Gasteiger partial charge in [0, 0.05) is 11.4 Å². The van der Waals surface area contributed by atoms with E-state index in [0.29, 0.717) is 29.1 Å². The minimum atomic E-state index is -0.623. The maximum Gasteiger partial charge on any atom is 0.319 e. The lowest BCUT2D eigenvalue weighted by Gasteiger charge is -2.28. The zero-order valence-electron chi connectivity index (χ0n) is 15.1. The number of phenolic OH excluding ortho intramolecular Hbond substituents is 1. The van der Waals surface area contributed by atoms with Crippen molar-refractivity contribution >= 4 is 17.6 Å².